The summed E-state index contributed by atoms with van der Waals surface area (Å²) in [5.41, 5.74) is 6.30. The fraction of sp³-hybridized carbons (Fsp3) is 0.429. The van der Waals surface area contributed by atoms with Crippen LogP contribution in [0.2, 0.25) is 0 Å². The number of nitrogens with zero attached hydrogens (tertiary/aromatic N) is 3. The van der Waals surface area contributed by atoms with Crippen molar-refractivity contribution in [2.24, 2.45) is 10.9 Å². The quantitative estimate of drug-likeness (QED) is 0.317. The van der Waals surface area contributed by atoms with E-state index in [2.05, 4.69) is 10.1 Å². The second kappa shape index (κ2) is 4.08. The van der Waals surface area contributed by atoms with E-state index in [1.165, 1.54) is 0 Å². The Morgan fingerprint density at radius 3 is 3.00 bits per heavy atom. The Kier molecular flexibility index (Phi) is 3.07. The predicted molar refractivity (Wildman–Crippen MR) is 51.7 cm³/mol. The summed E-state index contributed by atoms with van der Waals surface area (Å²) in [6.45, 7) is 2.50. The van der Waals surface area contributed by atoms with Crippen molar-refractivity contribution < 1.29 is 5.21 Å². The number of thiazole rings is 1. The first kappa shape index (κ1) is 9.79. The number of nitrogens with two attached hydrogens (primary N) is 1. The van der Waals surface area contributed by atoms with Crippen LogP contribution in [0.15, 0.2) is 10.5 Å². The lowest BCUT2D eigenvalue weighted by Crippen LogP contribution is -2.33. The number of hydrogen-bond acceptors (Lipinski definition) is 4. The van der Waals surface area contributed by atoms with Crippen LogP contribution in [0.5, 0.6) is 0 Å². The molecule has 0 amide bonds. The van der Waals surface area contributed by atoms with E-state index in [9.17, 15) is 0 Å². The van der Waals surface area contributed by atoms with Gasteiger partial charge < -0.3 is 15.8 Å². The molecule has 0 atom stereocenters. The van der Waals surface area contributed by atoms with E-state index in [0.717, 1.165) is 10.7 Å². The van der Waals surface area contributed by atoms with Crippen molar-refractivity contribution in [3.63, 3.8) is 0 Å². The van der Waals surface area contributed by atoms with Gasteiger partial charge in [-0.05, 0) is 6.92 Å². The van der Waals surface area contributed by atoms with Crippen molar-refractivity contribution in [3.05, 3.63) is 16.1 Å². The summed E-state index contributed by atoms with van der Waals surface area (Å²) in [7, 11) is 1.74. The minimum Gasteiger partial charge on any atom is -0.408 e. The molecular weight excluding hydrogens is 188 g/mol. The van der Waals surface area contributed by atoms with Gasteiger partial charge >= 0.3 is 0 Å². The molecule has 0 unspecified atom stereocenters. The maximum atomic E-state index is 8.39. The van der Waals surface area contributed by atoms with E-state index in [0.29, 0.717) is 6.54 Å². The van der Waals surface area contributed by atoms with E-state index < -0.39 is 0 Å². The van der Waals surface area contributed by atoms with Crippen molar-refractivity contribution in [2.75, 3.05) is 7.05 Å². The SMILES string of the molecule is Cc1nc(CN(C)C(N)=NO)cs1. The first-order valence-electron chi connectivity index (χ1n) is 3.73. The highest BCUT2D eigenvalue weighted by molar-refractivity contribution is 7.09. The monoisotopic (exact) mass is 200 g/mol. The lowest BCUT2D eigenvalue weighted by atomic mass is 10.4. The molecule has 0 aliphatic carbocycles. The van der Waals surface area contributed by atoms with Crippen LogP contribution in [0.4, 0.5) is 0 Å². The molecule has 72 valence electrons. The number of rotatable bonds is 2. The molecule has 0 fully saturated rings. The Morgan fingerprint density at radius 1 is 1.85 bits per heavy atom. The van der Waals surface area contributed by atoms with Gasteiger partial charge in [-0.3, -0.25) is 0 Å². The van der Waals surface area contributed by atoms with Crippen molar-refractivity contribution in [1.29, 1.82) is 0 Å². The van der Waals surface area contributed by atoms with Crippen LogP contribution in [0.1, 0.15) is 10.7 Å². The summed E-state index contributed by atoms with van der Waals surface area (Å²) in [4.78, 5) is 5.87. The smallest absolute Gasteiger partial charge is 0.233 e. The average Bonchev–Trinajstić information content (AvgIpc) is 2.49. The molecule has 0 aliphatic heterocycles. The zero-order valence-electron chi connectivity index (χ0n) is 7.56. The topological polar surface area (TPSA) is 74.7 Å². The average molecular weight is 200 g/mol. The van der Waals surface area contributed by atoms with Crippen molar-refractivity contribution in [1.82, 2.24) is 9.88 Å². The molecule has 0 bridgehead atoms. The van der Waals surface area contributed by atoms with Crippen molar-refractivity contribution in [2.45, 2.75) is 13.5 Å². The highest BCUT2D eigenvalue weighted by Crippen LogP contribution is 2.09. The summed E-state index contributed by atoms with van der Waals surface area (Å²) >= 11 is 1.58. The Hall–Kier alpha value is -1.30. The minimum atomic E-state index is 0.0886. The minimum absolute atomic E-state index is 0.0886. The Balaban J connectivity index is 2.59. The predicted octanol–water partition coefficient (Wildman–Crippen LogP) is 0.587. The molecule has 0 saturated heterocycles. The standard InChI is InChI=1S/C7H12N4OS/c1-5-9-6(4-13-5)3-11(2)7(8)10-12/h4,12H,3H2,1-2H3,(H2,8,10). The Labute approximate surface area is 80.5 Å². The summed E-state index contributed by atoms with van der Waals surface area (Å²) in [5, 5.41) is 14.3. The Morgan fingerprint density at radius 2 is 2.54 bits per heavy atom. The lowest BCUT2D eigenvalue weighted by molar-refractivity contribution is 0.303. The fourth-order valence-electron chi connectivity index (χ4n) is 0.881. The van der Waals surface area contributed by atoms with Crippen LogP contribution >= 0.6 is 11.3 Å². The highest BCUT2D eigenvalue weighted by Gasteiger charge is 2.05. The van der Waals surface area contributed by atoms with Gasteiger partial charge in [-0.1, -0.05) is 5.16 Å². The molecule has 1 aromatic rings. The zero-order valence-corrected chi connectivity index (χ0v) is 8.38. The first-order valence-corrected chi connectivity index (χ1v) is 4.61. The summed E-state index contributed by atoms with van der Waals surface area (Å²) < 4.78 is 0. The highest BCUT2D eigenvalue weighted by atomic mass is 32.1. The molecule has 1 heterocycles. The molecule has 0 aromatic carbocycles. The van der Waals surface area contributed by atoms with Gasteiger partial charge in [0, 0.05) is 12.4 Å². The lowest BCUT2D eigenvalue weighted by Gasteiger charge is -2.14. The summed E-state index contributed by atoms with van der Waals surface area (Å²) in [6, 6.07) is 0. The summed E-state index contributed by atoms with van der Waals surface area (Å²) in [6.07, 6.45) is 0. The largest absolute Gasteiger partial charge is 0.408 e. The van der Waals surface area contributed by atoms with Gasteiger partial charge in [0.2, 0.25) is 5.96 Å². The molecule has 0 aliphatic rings. The number of guanidine groups is 1. The summed E-state index contributed by atoms with van der Waals surface area (Å²) in [5.74, 6) is 0.0886. The molecule has 1 rings (SSSR count). The molecular formula is C7H12N4OS. The van der Waals surface area contributed by atoms with E-state index in [4.69, 9.17) is 10.9 Å². The molecule has 0 spiro atoms. The van der Waals surface area contributed by atoms with E-state index in [1.54, 1.807) is 23.3 Å². The molecule has 6 heteroatoms. The molecule has 1 aromatic heterocycles. The number of aryl methyl sites for hydroxylation is 1. The van der Waals surface area contributed by atoms with Crippen LogP contribution in [-0.4, -0.2) is 28.1 Å². The first-order chi connectivity index (χ1) is 6.13. The van der Waals surface area contributed by atoms with Gasteiger partial charge in [0.1, 0.15) is 0 Å². The van der Waals surface area contributed by atoms with Crippen LogP contribution in [-0.2, 0) is 6.54 Å². The second-order valence-electron chi connectivity index (χ2n) is 2.67. The fourth-order valence-corrected chi connectivity index (χ4v) is 1.48. The third-order valence-corrected chi connectivity index (χ3v) is 2.38. The van der Waals surface area contributed by atoms with E-state index in [-0.39, 0.29) is 5.96 Å². The maximum Gasteiger partial charge on any atom is 0.233 e. The van der Waals surface area contributed by atoms with Gasteiger partial charge in [0.25, 0.3) is 0 Å². The van der Waals surface area contributed by atoms with Crippen LogP contribution < -0.4 is 5.73 Å². The molecule has 5 nitrogen and oxygen atoms in total. The van der Waals surface area contributed by atoms with Gasteiger partial charge in [-0.2, -0.15) is 0 Å². The van der Waals surface area contributed by atoms with Crippen LogP contribution in [0.25, 0.3) is 0 Å². The second-order valence-corrected chi connectivity index (χ2v) is 3.73. The maximum absolute atomic E-state index is 8.39. The van der Waals surface area contributed by atoms with Gasteiger partial charge in [-0.25, -0.2) is 4.98 Å². The third kappa shape index (κ3) is 2.59. The number of aromatic nitrogens is 1. The van der Waals surface area contributed by atoms with Gasteiger partial charge in [0.05, 0.1) is 17.2 Å². The third-order valence-electron chi connectivity index (χ3n) is 1.56. The normalized spacial score (nSPS) is 11.7. The number of oxime groups is 1. The van der Waals surface area contributed by atoms with Crippen LogP contribution in [0.3, 0.4) is 0 Å². The van der Waals surface area contributed by atoms with Gasteiger partial charge in [-0.15, -0.1) is 11.3 Å². The van der Waals surface area contributed by atoms with Crippen LogP contribution in [0, 0.1) is 6.92 Å². The van der Waals surface area contributed by atoms with E-state index >= 15 is 0 Å². The van der Waals surface area contributed by atoms with Gasteiger partial charge in [0.15, 0.2) is 0 Å². The molecule has 0 saturated carbocycles. The van der Waals surface area contributed by atoms with E-state index in [1.807, 2.05) is 12.3 Å². The number of hydrogen-bond donors (Lipinski definition) is 2. The van der Waals surface area contributed by atoms with Crippen molar-refractivity contribution in [3.8, 4) is 0 Å². The molecule has 3 N–H and O–H groups in total. The molecule has 13 heavy (non-hydrogen) atoms. The zero-order chi connectivity index (χ0) is 9.84. The van der Waals surface area contributed by atoms with Crippen molar-refractivity contribution >= 4 is 17.3 Å². The molecule has 0 radical (unpaired) electrons. The Bertz CT molecular complexity index is 309.